The second-order valence-corrected chi connectivity index (χ2v) is 6.03. The number of ether oxygens (including phenoxy) is 2. The third-order valence-corrected chi connectivity index (χ3v) is 4.43. The number of rotatable bonds is 5. The predicted molar refractivity (Wildman–Crippen MR) is 96.4 cm³/mol. The van der Waals surface area contributed by atoms with E-state index in [9.17, 15) is 14.4 Å². The van der Waals surface area contributed by atoms with E-state index in [0.717, 1.165) is 0 Å². The van der Waals surface area contributed by atoms with Crippen molar-refractivity contribution in [1.29, 1.82) is 0 Å². The van der Waals surface area contributed by atoms with Crippen molar-refractivity contribution in [2.75, 3.05) is 51.8 Å². The molecule has 2 rings (SSSR count). The smallest absolute Gasteiger partial charge is 0.242 e. The third kappa shape index (κ3) is 4.44. The minimum atomic E-state index is -0.243. The SMILES string of the molecule is COc1ccc(N(CC(=O)N2CCN(C(C)=O)CC2)C(C)=O)cc1OC. The number of benzene rings is 1. The van der Waals surface area contributed by atoms with E-state index < -0.39 is 0 Å². The fourth-order valence-corrected chi connectivity index (χ4v) is 2.88. The lowest BCUT2D eigenvalue weighted by Crippen LogP contribution is -2.52. The highest BCUT2D eigenvalue weighted by Gasteiger charge is 2.25. The fourth-order valence-electron chi connectivity index (χ4n) is 2.88. The number of carbonyl (C=O) groups is 3. The number of piperazine rings is 1. The first-order valence-electron chi connectivity index (χ1n) is 8.40. The Morgan fingerprint density at radius 1 is 0.962 bits per heavy atom. The van der Waals surface area contributed by atoms with Gasteiger partial charge in [-0.2, -0.15) is 0 Å². The van der Waals surface area contributed by atoms with Gasteiger partial charge in [-0.05, 0) is 12.1 Å². The molecule has 0 N–H and O–H groups in total. The summed E-state index contributed by atoms with van der Waals surface area (Å²) >= 11 is 0. The quantitative estimate of drug-likeness (QED) is 0.771. The minimum absolute atomic E-state index is 0.00721. The molecule has 1 aromatic carbocycles. The molecule has 0 atom stereocenters. The highest BCUT2D eigenvalue weighted by molar-refractivity contribution is 5.97. The normalized spacial score (nSPS) is 14.0. The van der Waals surface area contributed by atoms with Crippen LogP contribution in [0.4, 0.5) is 5.69 Å². The van der Waals surface area contributed by atoms with Crippen molar-refractivity contribution in [2.45, 2.75) is 13.8 Å². The molecule has 0 spiro atoms. The number of anilines is 1. The Morgan fingerprint density at radius 2 is 1.54 bits per heavy atom. The Hall–Kier alpha value is -2.77. The summed E-state index contributed by atoms with van der Waals surface area (Å²) < 4.78 is 10.5. The van der Waals surface area contributed by atoms with Crippen LogP contribution in [0.3, 0.4) is 0 Å². The van der Waals surface area contributed by atoms with Gasteiger partial charge >= 0.3 is 0 Å². The Balaban J connectivity index is 2.10. The number of methoxy groups -OCH3 is 2. The Labute approximate surface area is 153 Å². The van der Waals surface area contributed by atoms with Crippen molar-refractivity contribution in [3.63, 3.8) is 0 Å². The molecule has 0 unspecified atom stereocenters. The first kappa shape index (κ1) is 19.6. The molecular formula is C18H25N3O5. The average molecular weight is 363 g/mol. The van der Waals surface area contributed by atoms with Gasteiger partial charge < -0.3 is 24.2 Å². The zero-order chi connectivity index (χ0) is 19.3. The number of hydrogen-bond donors (Lipinski definition) is 0. The Kier molecular flexibility index (Phi) is 6.43. The van der Waals surface area contributed by atoms with Crippen LogP contribution >= 0.6 is 0 Å². The molecule has 0 saturated carbocycles. The summed E-state index contributed by atoms with van der Waals surface area (Å²) in [5.41, 5.74) is 0.561. The molecule has 3 amide bonds. The van der Waals surface area contributed by atoms with E-state index in [1.165, 1.54) is 33.0 Å². The maximum atomic E-state index is 12.6. The predicted octanol–water partition coefficient (Wildman–Crippen LogP) is 0.747. The van der Waals surface area contributed by atoms with E-state index in [2.05, 4.69) is 0 Å². The van der Waals surface area contributed by atoms with Crippen molar-refractivity contribution >= 4 is 23.4 Å². The van der Waals surface area contributed by atoms with Gasteiger partial charge in [0.15, 0.2) is 11.5 Å². The molecule has 0 radical (unpaired) electrons. The number of carbonyl (C=O) groups excluding carboxylic acids is 3. The maximum Gasteiger partial charge on any atom is 0.242 e. The molecular weight excluding hydrogens is 338 g/mol. The van der Waals surface area contributed by atoms with Crippen molar-refractivity contribution in [2.24, 2.45) is 0 Å². The molecule has 0 bridgehead atoms. The van der Waals surface area contributed by atoms with E-state index >= 15 is 0 Å². The van der Waals surface area contributed by atoms with Crippen LogP contribution in [0.5, 0.6) is 11.5 Å². The number of hydrogen-bond acceptors (Lipinski definition) is 5. The van der Waals surface area contributed by atoms with Gasteiger partial charge in [0.1, 0.15) is 6.54 Å². The zero-order valence-corrected chi connectivity index (χ0v) is 15.7. The molecule has 8 heteroatoms. The number of amides is 3. The van der Waals surface area contributed by atoms with Crippen molar-refractivity contribution < 1.29 is 23.9 Å². The highest BCUT2D eigenvalue weighted by Crippen LogP contribution is 2.31. The van der Waals surface area contributed by atoms with E-state index in [-0.39, 0.29) is 24.3 Å². The molecule has 1 aromatic rings. The van der Waals surface area contributed by atoms with Crippen molar-refractivity contribution in [3.8, 4) is 11.5 Å². The van der Waals surface area contributed by atoms with Gasteiger partial charge in [0.05, 0.1) is 14.2 Å². The second-order valence-electron chi connectivity index (χ2n) is 6.03. The Bertz CT molecular complexity index is 683. The first-order valence-corrected chi connectivity index (χ1v) is 8.40. The first-order chi connectivity index (χ1) is 12.4. The van der Waals surface area contributed by atoms with Crippen molar-refractivity contribution in [3.05, 3.63) is 18.2 Å². The van der Waals surface area contributed by atoms with Crippen LogP contribution in [0, 0.1) is 0 Å². The zero-order valence-electron chi connectivity index (χ0n) is 15.7. The van der Waals surface area contributed by atoms with Gasteiger partial charge in [0.25, 0.3) is 0 Å². The van der Waals surface area contributed by atoms with Gasteiger partial charge in [-0.15, -0.1) is 0 Å². The summed E-state index contributed by atoms with van der Waals surface area (Å²) in [5, 5.41) is 0. The third-order valence-electron chi connectivity index (χ3n) is 4.43. The molecule has 1 saturated heterocycles. The maximum absolute atomic E-state index is 12.6. The van der Waals surface area contributed by atoms with E-state index in [1.807, 2.05) is 0 Å². The van der Waals surface area contributed by atoms with Gasteiger partial charge in [0.2, 0.25) is 17.7 Å². The lowest BCUT2D eigenvalue weighted by Gasteiger charge is -2.35. The molecule has 1 aliphatic heterocycles. The summed E-state index contributed by atoms with van der Waals surface area (Å²) in [6, 6.07) is 5.07. The monoisotopic (exact) mass is 363 g/mol. The van der Waals surface area contributed by atoms with Crippen LogP contribution in [0.1, 0.15) is 13.8 Å². The van der Waals surface area contributed by atoms with Crippen LogP contribution in [-0.4, -0.2) is 74.5 Å². The molecule has 0 aromatic heterocycles. The van der Waals surface area contributed by atoms with Gasteiger partial charge in [-0.3, -0.25) is 14.4 Å². The standard InChI is InChI=1S/C18H25N3O5/c1-13(22)19-7-9-20(10-8-19)18(24)12-21(14(2)23)15-5-6-16(25-3)17(11-15)26-4/h5-6,11H,7-10,12H2,1-4H3. The highest BCUT2D eigenvalue weighted by atomic mass is 16.5. The summed E-state index contributed by atoms with van der Waals surface area (Å²) in [6.07, 6.45) is 0. The lowest BCUT2D eigenvalue weighted by atomic mass is 10.2. The topological polar surface area (TPSA) is 79.4 Å². The van der Waals surface area contributed by atoms with Gasteiger partial charge in [-0.1, -0.05) is 0 Å². The van der Waals surface area contributed by atoms with Crippen LogP contribution in [-0.2, 0) is 14.4 Å². The lowest BCUT2D eigenvalue weighted by molar-refractivity contribution is -0.137. The van der Waals surface area contributed by atoms with Crippen LogP contribution in [0.2, 0.25) is 0 Å². The molecule has 26 heavy (non-hydrogen) atoms. The van der Waals surface area contributed by atoms with Crippen molar-refractivity contribution in [1.82, 2.24) is 9.80 Å². The summed E-state index contributed by atoms with van der Waals surface area (Å²) in [7, 11) is 3.05. The van der Waals surface area contributed by atoms with Crippen LogP contribution in [0.15, 0.2) is 18.2 Å². The minimum Gasteiger partial charge on any atom is -0.493 e. The summed E-state index contributed by atoms with van der Waals surface area (Å²) in [5.74, 6) is 0.643. The molecule has 1 heterocycles. The largest absolute Gasteiger partial charge is 0.493 e. The molecule has 0 aliphatic carbocycles. The van der Waals surface area contributed by atoms with E-state index in [4.69, 9.17) is 9.47 Å². The molecule has 142 valence electrons. The average Bonchev–Trinajstić information content (AvgIpc) is 2.65. The number of nitrogens with zero attached hydrogens (tertiary/aromatic N) is 3. The van der Waals surface area contributed by atoms with Gasteiger partial charge in [0, 0.05) is 51.8 Å². The van der Waals surface area contributed by atoms with Crippen LogP contribution in [0.25, 0.3) is 0 Å². The fraction of sp³-hybridized carbons (Fsp3) is 0.500. The van der Waals surface area contributed by atoms with E-state index in [1.54, 1.807) is 28.0 Å². The van der Waals surface area contributed by atoms with Crippen LogP contribution < -0.4 is 14.4 Å². The Morgan fingerprint density at radius 3 is 2.04 bits per heavy atom. The molecule has 1 fully saturated rings. The molecule has 1 aliphatic rings. The summed E-state index contributed by atoms with van der Waals surface area (Å²) in [6.45, 7) is 4.83. The molecule has 8 nitrogen and oxygen atoms in total. The van der Waals surface area contributed by atoms with Gasteiger partial charge in [-0.25, -0.2) is 0 Å². The summed E-state index contributed by atoms with van der Waals surface area (Å²) in [4.78, 5) is 40.9. The second kappa shape index (κ2) is 8.55. The van der Waals surface area contributed by atoms with E-state index in [0.29, 0.717) is 43.4 Å².